The van der Waals surface area contributed by atoms with Gasteiger partial charge in [0.1, 0.15) is 10.4 Å². The molecule has 5 nitrogen and oxygen atoms in total. The summed E-state index contributed by atoms with van der Waals surface area (Å²) >= 11 is 8.42. The van der Waals surface area contributed by atoms with Gasteiger partial charge in [-0.1, -0.05) is 0 Å². The molecule has 0 spiro atoms. The lowest BCUT2D eigenvalue weighted by Crippen LogP contribution is -2.06. The van der Waals surface area contributed by atoms with Crippen molar-refractivity contribution in [3.8, 4) is 5.75 Å². The lowest BCUT2D eigenvalue weighted by atomic mass is 10.1. The molecule has 0 aliphatic carbocycles. The third-order valence-corrected chi connectivity index (χ3v) is 3.04. The summed E-state index contributed by atoms with van der Waals surface area (Å²) in [6, 6.07) is 0. The summed E-state index contributed by atoms with van der Waals surface area (Å²) in [5.74, 6) is -0.389. The summed E-state index contributed by atoms with van der Waals surface area (Å²) in [7, 11) is 1.45. The molecule has 2 rings (SSSR count). The Kier molecular flexibility index (Phi) is 3.17. The van der Waals surface area contributed by atoms with Crippen LogP contribution in [0.2, 0.25) is 0 Å². The van der Waals surface area contributed by atoms with Crippen LogP contribution in [0.5, 0.6) is 5.75 Å². The first kappa shape index (κ1) is 12.1. The number of rotatable bonds is 3. The number of nitrogens with one attached hydrogen (secondary N) is 1. The molecule has 0 aliphatic heterocycles. The van der Waals surface area contributed by atoms with Crippen LogP contribution in [0.3, 0.4) is 0 Å². The van der Waals surface area contributed by atoms with Crippen LogP contribution in [-0.2, 0) is 4.79 Å². The van der Waals surface area contributed by atoms with E-state index in [2.05, 4.69) is 25.9 Å². The first-order valence-electron chi connectivity index (χ1n) is 4.50. The van der Waals surface area contributed by atoms with Gasteiger partial charge in [0.05, 0.1) is 29.8 Å². The standard InChI is InChI=1S/C10H6BrClN2O3/c1-17-5-3-14-9(11)7-6(5)4(2-13-7)8(15)10(12)16/h2-3,13H,1H3. The summed E-state index contributed by atoms with van der Waals surface area (Å²) in [5.41, 5.74) is 0.741. The van der Waals surface area contributed by atoms with Crippen LogP contribution >= 0.6 is 27.5 Å². The van der Waals surface area contributed by atoms with Crippen molar-refractivity contribution in [1.29, 1.82) is 0 Å². The van der Waals surface area contributed by atoms with E-state index in [9.17, 15) is 9.59 Å². The molecule has 0 aliphatic rings. The minimum Gasteiger partial charge on any atom is -0.494 e. The zero-order chi connectivity index (χ0) is 12.6. The number of aromatic amines is 1. The van der Waals surface area contributed by atoms with Crippen molar-refractivity contribution in [2.45, 2.75) is 0 Å². The fourth-order valence-electron chi connectivity index (χ4n) is 1.53. The number of fused-ring (bicyclic) bond motifs is 1. The molecule has 2 heterocycles. The SMILES string of the molecule is COc1cnc(Br)c2[nH]cc(C(=O)C(=O)Cl)c12. The van der Waals surface area contributed by atoms with Crippen molar-refractivity contribution in [3.63, 3.8) is 0 Å². The summed E-state index contributed by atoms with van der Waals surface area (Å²) in [6.45, 7) is 0. The predicted octanol–water partition coefficient (Wildman–Crippen LogP) is 2.28. The van der Waals surface area contributed by atoms with E-state index in [0.29, 0.717) is 21.3 Å². The van der Waals surface area contributed by atoms with Gasteiger partial charge in [-0.3, -0.25) is 9.59 Å². The quantitative estimate of drug-likeness (QED) is 0.408. The van der Waals surface area contributed by atoms with Crippen LogP contribution in [0, 0.1) is 0 Å². The molecule has 2 aromatic heterocycles. The Bertz CT molecular complexity index is 623. The maximum absolute atomic E-state index is 11.6. The summed E-state index contributed by atoms with van der Waals surface area (Å²) in [6.07, 6.45) is 2.86. The molecule has 0 aromatic carbocycles. The van der Waals surface area contributed by atoms with Crippen molar-refractivity contribution >= 4 is 49.5 Å². The van der Waals surface area contributed by atoms with Crippen LogP contribution in [0.4, 0.5) is 0 Å². The first-order valence-corrected chi connectivity index (χ1v) is 5.67. The Balaban J connectivity index is 2.78. The molecule has 0 saturated heterocycles. The molecule has 17 heavy (non-hydrogen) atoms. The molecular formula is C10H6BrClN2O3. The van der Waals surface area contributed by atoms with Crippen molar-refractivity contribution in [2.24, 2.45) is 0 Å². The zero-order valence-electron chi connectivity index (χ0n) is 8.58. The van der Waals surface area contributed by atoms with Gasteiger partial charge in [0.25, 0.3) is 5.24 Å². The minimum absolute atomic E-state index is 0.167. The van der Waals surface area contributed by atoms with E-state index in [1.807, 2.05) is 0 Å². The van der Waals surface area contributed by atoms with Gasteiger partial charge in [-0.25, -0.2) is 4.98 Å². The van der Waals surface area contributed by atoms with Crippen LogP contribution < -0.4 is 4.74 Å². The molecule has 0 atom stereocenters. The van der Waals surface area contributed by atoms with E-state index in [0.717, 1.165) is 0 Å². The second-order valence-electron chi connectivity index (χ2n) is 3.17. The van der Waals surface area contributed by atoms with E-state index >= 15 is 0 Å². The summed E-state index contributed by atoms with van der Waals surface area (Å²) in [5, 5.41) is -0.561. The second-order valence-corrected chi connectivity index (χ2v) is 4.27. The highest BCUT2D eigenvalue weighted by Crippen LogP contribution is 2.32. The Morgan fingerprint density at radius 2 is 2.24 bits per heavy atom. The highest BCUT2D eigenvalue weighted by Gasteiger charge is 2.21. The van der Waals surface area contributed by atoms with Crippen LogP contribution in [0.1, 0.15) is 10.4 Å². The van der Waals surface area contributed by atoms with Gasteiger partial charge in [-0.2, -0.15) is 0 Å². The van der Waals surface area contributed by atoms with Crippen molar-refractivity contribution in [2.75, 3.05) is 7.11 Å². The Morgan fingerprint density at radius 3 is 2.82 bits per heavy atom. The van der Waals surface area contributed by atoms with Crippen molar-refractivity contribution < 1.29 is 14.3 Å². The van der Waals surface area contributed by atoms with E-state index in [1.165, 1.54) is 19.5 Å². The van der Waals surface area contributed by atoms with E-state index in [4.69, 9.17) is 16.3 Å². The molecule has 0 bridgehead atoms. The van der Waals surface area contributed by atoms with Gasteiger partial charge in [-0.15, -0.1) is 0 Å². The average molecular weight is 318 g/mol. The number of hydrogen-bond acceptors (Lipinski definition) is 4. The Hall–Kier alpha value is -1.40. The Labute approximate surface area is 109 Å². The third-order valence-electron chi connectivity index (χ3n) is 2.27. The molecule has 0 fully saturated rings. The van der Waals surface area contributed by atoms with Gasteiger partial charge in [0.2, 0.25) is 5.78 Å². The van der Waals surface area contributed by atoms with Gasteiger partial charge in [-0.05, 0) is 27.5 Å². The largest absolute Gasteiger partial charge is 0.494 e. The van der Waals surface area contributed by atoms with Crippen molar-refractivity contribution in [3.05, 3.63) is 22.6 Å². The fraction of sp³-hybridized carbons (Fsp3) is 0.100. The molecular weight excluding hydrogens is 311 g/mol. The molecule has 0 unspecified atom stereocenters. The highest BCUT2D eigenvalue weighted by atomic mass is 79.9. The smallest absolute Gasteiger partial charge is 0.293 e. The lowest BCUT2D eigenvalue weighted by Gasteiger charge is -2.03. The molecule has 88 valence electrons. The number of ketones is 1. The number of carbonyl (C=O) groups excluding carboxylic acids is 2. The molecule has 0 saturated carbocycles. The second kappa shape index (κ2) is 4.46. The number of methoxy groups -OCH3 is 1. The van der Waals surface area contributed by atoms with Gasteiger partial charge < -0.3 is 9.72 Å². The number of halogens is 2. The predicted molar refractivity (Wildman–Crippen MR) is 65.5 cm³/mol. The number of nitrogens with zero attached hydrogens (tertiary/aromatic N) is 1. The van der Waals surface area contributed by atoms with E-state index < -0.39 is 11.0 Å². The zero-order valence-corrected chi connectivity index (χ0v) is 10.9. The normalized spacial score (nSPS) is 10.5. The lowest BCUT2D eigenvalue weighted by molar-refractivity contribution is -0.108. The first-order chi connectivity index (χ1) is 8.06. The molecule has 7 heteroatoms. The maximum atomic E-state index is 11.6. The molecule has 0 amide bonds. The summed E-state index contributed by atoms with van der Waals surface area (Å²) < 4.78 is 5.62. The van der Waals surface area contributed by atoms with Crippen LogP contribution in [0.15, 0.2) is 17.0 Å². The molecule has 1 N–H and O–H groups in total. The number of pyridine rings is 1. The number of hydrogen-bond donors (Lipinski definition) is 1. The van der Waals surface area contributed by atoms with Gasteiger partial charge in [0, 0.05) is 6.20 Å². The van der Waals surface area contributed by atoms with Gasteiger partial charge >= 0.3 is 0 Å². The van der Waals surface area contributed by atoms with Crippen LogP contribution in [-0.4, -0.2) is 28.1 Å². The number of carbonyl (C=O) groups is 2. The topological polar surface area (TPSA) is 72.0 Å². The average Bonchev–Trinajstić information content (AvgIpc) is 2.74. The minimum atomic E-state index is -1.04. The number of aromatic nitrogens is 2. The summed E-state index contributed by atoms with van der Waals surface area (Å²) in [4.78, 5) is 29.4. The van der Waals surface area contributed by atoms with Crippen molar-refractivity contribution in [1.82, 2.24) is 9.97 Å². The van der Waals surface area contributed by atoms with Gasteiger partial charge in [0.15, 0.2) is 0 Å². The monoisotopic (exact) mass is 316 g/mol. The maximum Gasteiger partial charge on any atom is 0.293 e. The number of Topliss-reactive ketones (excluding diaryl/α,β-unsaturated/α-hetero) is 1. The molecule has 0 radical (unpaired) electrons. The van der Waals surface area contributed by atoms with Crippen LogP contribution in [0.25, 0.3) is 10.9 Å². The highest BCUT2D eigenvalue weighted by molar-refractivity contribution is 9.10. The van der Waals surface area contributed by atoms with E-state index in [1.54, 1.807) is 0 Å². The number of ether oxygens (including phenoxy) is 1. The number of H-pyrrole nitrogens is 1. The molecule has 2 aromatic rings. The third kappa shape index (κ3) is 1.94. The van der Waals surface area contributed by atoms with E-state index in [-0.39, 0.29) is 5.56 Å². The Morgan fingerprint density at radius 1 is 1.53 bits per heavy atom. The fourth-order valence-corrected chi connectivity index (χ4v) is 2.04.